The van der Waals surface area contributed by atoms with Crippen LogP contribution in [0.1, 0.15) is 18.4 Å². The van der Waals surface area contributed by atoms with E-state index in [4.69, 9.17) is 5.21 Å². The molecule has 1 fully saturated rings. The average molecular weight is 268 g/mol. The summed E-state index contributed by atoms with van der Waals surface area (Å²) in [6.45, 7) is 1.08. The number of hydrogen-bond acceptors (Lipinski definition) is 3. The lowest BCUT2D eigenvalue weighted by atomic mass is 9.88. The highest BCUT2D eigenvalue weighted by Gasteiger charge is 2.26. The molecule has 0 aliphatic carbocycles. The number of carbonyl (C=O) groups excluding carboxylic acids is 1. The van der Waals surface area contributed by atoms with Gasteiger partial charge in [-0.2, -0.15) is 0 Å². The molecule has 0 aromatic heterocycles. The van der Waals surface area contributed by atoms with Crippen molar-refractivity contribution in [3.8, 4) is 0 Å². The zero-order valence-electron chi connectivity index (χ0n) is 10.2. The molecule has 4 nitrogen and oxygen atoms in total. The maximum atomic E-state index is 13.7. The van der Waals surface area contributed by atoms with E-state index in [9.17, 15) is 13.6 Å². The lowest BCUT2D eigenvalue weighted by Crippen LogP contribution is -2.35. The Hall–Kier alpha value is -1.98. The Labute approximate surface area is 109 Å². The number of likely N-dealkylation sites (tertiary alicyclic amines) is 1. The molecule has 2 rings (SSSR count). The van der Waals surface area contributed by atoms with Crippen molar-refractivity contribution in [2.24, 2.45) is 11.1 Å². The highest BCUT2D eigenvalue weighted by molar-refractivity contribution is 6.02. The van der Waals surface area contributed by atoms with Gasteiger partial charge in [0.05, 0.1) is 5.71 Å². The van der Waals surface area contributed by atoms with Crippen LogP contribution in [0.2, 0.25) is 0 Å². The van der Waals surface area contributed by atoms with Crippen molar-refractivity contribution in [1.29, 1.82) is 0 Å². The predicted octanol–water partition coefficient (Wildman–Crippen LogP) is 2.01. The van der Waals surface area contributed by atoms with Gasteiger partial charge in [0, 0.05) is 30.6 Å². The van der Waals surface area contributed by atoms with Gasteiger partial charge in [0.25, 0.3) is 0 Å². The van der Waals surface area contributed by atoms with Gasteiger partial charge < -0.3 is 10.1 Å². The fourth-order valence-corrected chi connectivity index (χ4v) is 2.33. The molecule has 6 heteroatoms. The van der Waals surface area contributed by atoms with Crippen LogP contribution < -0.4 is 0 Å². The Kier molecular flexibility index (Phi) is 4.09. The fraction of sp³-hybridized carbons (Fsp3) is 0.385. The first kappa shape index (κ1) is 13.5. The molecule has 102 valence electrons. The largest absolute Gasteiger partial charge is 0.411 e. The summed E-state index contributed by atoms with van der Waals surface area (Å²) in [6, 6.07) is 3.16. The van der Waals surface area contributed by atoms with Crippen LogP contribution in [0.25, 0.3) is 0 Å². The highest BCUT2D eigenvalue weighted by Crippen LogP contribution is 2.23. The molecule has 1 aliphatic heterocycles. The molecule has 0 radical (unpaired) electrons. The summed E-state index contributed by atoms with van der Waals surface area (Å²) in [4.78, 5) is 12.2. The Morgan fingerprint density at radius 2 is 2.05 bits per heavy atom. The number of halogens is 2. The second-order valence-corrected chi connectivity index (χ2v) is 4.53. The summed E-state index contributed by atoms with van der Waals surface area (Å²) in [5, 5.41) is 12.3. The van der Waals surface area contributed by atoms with Gasteiger partial charge in [0.1, 0.15) is 11.6 Å². The number of piperidine rings is 1. The second-order valence-electron chi connectivity index (χ2n) is 4.53. The lowest BCUT2D eigenvalue weighted by Gasteiger charge is -2.29. The van der Waals surface area contributed by atoms with E-state index in [-0.39, 0.29) is 17.2 Å². The number of oxime groups is 1. The van der Waals surface area contributed by atoms with E-state index in [1.165, 1.54) is 6.07 Å². The van der Waals surface area contributed by atoms with Crippen molar-refractivity contribution < 1.29 is 18.8 Å². The Balaban J connectivity index is 2.19. The zero-order valence-corrected chi connectivity index (χ0v) is 10.2. The van der Waals surface area contributed by atoms with Crippen LogP contribution in [0.4, 0.5) is 8.78 Å². The second kappa shape index (κ2) is 5.77. The molecule has 19 heavy (non-hydrogen) atoms. The number of carbonyl (C=O) groups is 1. The van der Waals surface area contributed by atoms with Crippen molar-refractivity contribution >= 4 is 12.1 Å². The van der Waals surface area contributed by atoms with E-state index < -0.39 is 11.6 Å². The van der Waals surface area contributed by atoms with Crippen molar-refractivity contribution in [3.05, 3.63) is 35.4 Å². The van der Waals surface area contributed by atoms with Crippen molar-refractivity contribution in [2.75, 3.05) is 13.1 Å². The van der Waals surface area contributed by atoms with Gasteiger partial charge in [-0.05, 0) is 25.0 Å². The molecular formula is C13H14F2N2O2. The summed E-state index contributed by atoms with van der Waals surface area (Å²) in [5.41, 5.74) is 0.316. The van der Waals surface area contributed by atoms with Gasteiger partial charge in [-0.3, -0.25) is 4.79 Å². The van der Waals surface area contributed by atoms with Crippen molar-refractivity contribution in [2.45, 2.75) is 12.8 Å². The molecule has 1 N–H and O–H groups in total. The smallest absolute Gasteiger partial charge is 0.209 e. The molecule has 0 saturated carbocycles. The average Bonchev–Trinajstić information content (AvgIpc) is 2.42. The number of hydrogen-bond donors (Lipinski definition) is 1. The highest BCUT2D eigenvalue weighted by atomic mass is 19.1. The molecular weight excluding hydrogens is 254 g/mol. The maximum Gasteiger partial charge on any atom is 0.209 e. The van der Waals surface area contributed by atoms with E-state index in [1.807, 2.05) is 0 Å². The standard InChI is InChI=1S/C13H14F2N2O2/c14-10-1-2-11(12(15)7-10)13(16-19)9-3-5-17(8-18)6-4-9/h1-2,7-9,19H,3-6H2/b16-13+. The molecule has 0 atom stereocenters. The molecule has 0 bridgehead atoms. The van der Waals surface area contributed by atoms with Gasteiger partial charge >= 0.3 is 0 Å². The SMILES string of the molecule is O=CN1CCC(/C(=N\O)c2ccc(F)cc2F)CC1. The lowest BCUT2D eigenvalue weighted by molar-refractivity contribution is -0.119. The summed E-state index contributed by atoms with van der Waals surface area (Å²) in [5.74, 6) is -1.55. The van der Waals surface area contributed by atoms with Gasteiger partial charge in [-0.25, -0.2) is 8.78 Å². The van der Waals surface area contributed by atoms with Crippen molar-refractivity contribution in [1.82, 2.24) is 4.90 Å². The third-order valence-electron chi connectivity index (χ3n) is 3.38. The molecule has 0 spiro atoms. The summed E-state index contributed by atoms with van der Waals surface area (Å²) in [6.07, 6.45) is 1.95. The number of amides is 1. The van der Waals surface area contributed by atoms with E-state index >= 15 is 0 Å². The molecule has 1 aromatic rings. The Morgan fingerprint density at radius 1 is 1.37 bits per heavy atom. The summed E-state index contributed by atoms with van der Waals surface area (Å²) >= 11 is 0. The van der Waals surface area contributed by atoms with Crippen LogP contribution in [0.15, 0.2) is 23.4 Å². The van der Waals surface area contributed by atoms with Crippen LogP contribution >= 0.6 is 0 Å². The first-order valence-corrected chi connectivity index (χ1v) is 6.02. The fourth-order valence-electron chi connectivity index (χ4n) is 2.33. The molecule has 1 saturated heterocycles. The first-order chi connectivity index (χ1) is 9.15. The van der Waals surface area contributed by atoms with Crippen LogP contribution in [-0.2, 0) is 4.79 Å². The van der Waals surface area contributed by atoms with E-state index in [2.05, 4.69) is 5.16 Å². The molecule has 1 heterocycles. The molecule has 1 aliphatic rings. The van der Waals surface area contributed by atoms with E-state index in [0.29, 0.717) is 25.9 Å². The predicted molar refractivity (Wildman–Crippen MR) is 65.0 cm³/mol. The number of benzene rings is 1. The molecule has 1 amide bonds. The minimum atomic E-state index is -0.745. The minimum Gasteiger partial charge on any atom is -0.411 e. The Morgan fingerprint density at radius 3 is 2.58 bits per heavy atom. The third-order valence-corrected chi connectivity index (χ3v) is 3.38. The van der Waals surface area contributed by atoms with Crippen LogP contribution in [0.5, 0.6) is 0 Å². The monoisotopic (exact) mass is 268 g/mol. The van der Waals surface area contributed by atoms with Crippen LogP contribution in [-0.4, -0.2) is 35.3 Å². The minimum absolute atomic E-state index is 0.105. The van der Waals surface area contributed by atoms with Crippen molar-refractivity contribution in [3.63, 3.8) is 0 Å². The van der Waals surface area contributed by atoms with Crippen LogP contribution in [0.3, 0.4) is 0 Å². The topological polar surface area (TPSA) is 52.9 Å². The first-order valence-electron chi connectivity index (χ1n) is 6.02. The van der Waals surface area contributed by atoms with E-state index in [1.54, 1.807) is 4.90 Å². The third kappa shape index (κ3) is 2.89. The summed E-state index contributed by atoms with van der Waals surface area (Å²) < 4.78 is 26.6. The number of rotatable bonds is 3. The normalized spacial score (nSPS) is 17.6. The van der Waals surface area contributed by atoms with Crippen LogP contribution in [0, 0.1) is 17.6 Å². The molecule has 1 aromatic carbocycles. The van der Waals surface area contributed by atoms with Gasteiger partial charge in [0.15, 0.2) is 0 Å². The van der Waals surface area contributed by atoms with Gasteiger partial charge in [0.2, 0.25) is 6.41 Å². The van der Waals surface area contributed by atoms with E-state index in [0.717, 1.165) is 18.5 Å². The zero-order chi connectivity index (χ0) is 13.8. The Bertz CT molecular complexity index is 497. The van der Waals surface area contributed by atoms with Gasteiger partial charge in [-0.15, -0.1) is 0 Å². The molecule has 0 unspecified atom stereocenters. The maximum absolute atomic E-state index is 13.7. The summed E-state index contributed by atoms with van der Waals surface area (Å²) in [7, 11) is 0. The van der Waals surface area contributed by atoms with Gasteiger partial charge in [-0.1, -0.05) is 5.16 Å². The quantitative estimate of drug-likeness (QED) is 0.394. The number of nitrogens with zero attached hydrogens (tertiary/aromatic N) is 2.